The molecule has 0 aliphatic carbocycles. The van der Waals surface area contributed by atoms with Gasteiger partial charge in [0.05, 0.1) is 18.4 Å². The van der Waals surface area contributed by atoms with E-state index in [1.54, 1.807) is 37.4 Å². The Morgan fingerprint density at radius 2 is 1.80 bits per heavy atom. The monoisotopic (exact) mass is 415 g/mol. The molecule has 0 saturated carbocycles. The van der Waals surface area contributed by atoms with Crippen molar-refractivity contribution < 1.29 is 9.53 Å². The third kappa shape index (κ3) is 3.56. The predicted octanol–water partition coefficient (Wildman–Crippen LogP) is 4.76. The van der Waals surface area contributed by atoms with Crippen molar-refractivity contribution in [3.05, 3.63) is 50.9 Å². The first-order valence-electron chi connectivity index (χ1n) is 5.64. The molecule has 104 valence electrons. The molecule has 0 aliphatic heterocycles. The lowest BCUT2D eigenvalue weighted by Crippen LogP contribution is -2.13. The zero-order chi connectivity index (χ0) is 14.7. The lowest BCUT2D eigenvalue weighted by Gasteiger charge is -2.11. The number of hydrogen-bond acceptors (Lipinski definition) is 3. The number of carbonyl (C=O) groups excluding carboxylic acids is 1. The average Bonchev–Trinajstić information content (AvgIpc) is 2.38. The second kappa shape index (κ2) is 6.65. The van der Waals surface area contributed by atoms with Crippen molar-refractivity contribution in [3.63, 3.8) is 0 Å². The molecule has 1 amide bonds. The molecule has 0 fully saturated rings. The third-order valence-electron chi connectivity index (χ3n) is 2.61. The summed E-state index contributed by atoms with van der Waals surface area (Å²) in [6, 6.07) is 10.7. The predicted molar refractivity (Wildman–Crippen MR) is 90.0 cm³/mol. The van der Waals surface area contributed by atoms with Gasteiger partial charge in [-0.3, -0.25) is 4.79 Å². The first-order valence-corrected chi connectivity index (χ1v) is 7.68. The quantitative estimate of drug-likeness (QED) is 0.707. The number of ether oxygens (including phenoxy) is 1. The van der Waals surface area contributed by atoms with Gasteiger partial charge in [-0.1, -0.05) is 31.9 Å². The minimum Gasteiger partial charge on any atom is -0.495 e. The van der Waals surface area contributed by atoms with E-state index in [0.717, 1.165) is 8.95 Å². The topological polar surface area (TPSA) is 38.3 Å². The Hall–Kier alpha value is -0.980. The first-order chi connectivity index (χ1) is 9.51. The number of rotatable bonds is 3. The molecule has 0 bridgehead atoms. The Labute approximate surface area is 139 Å². The largest absolute Gasteiger partial charge is 0.495 e. The van der Waals surface area contributed by atoms with Crippen molar-refractivity contribution in [2.24, 2.45) is 0 Å². The molecule has 0 aromatic heterocycles. The normalized spacial score (nSPS) is 10.2. The second-order valence-corrected chi connectivity index (χ2v) is 6.27. The fourth-order valence-electron chi connectivity index (χ4n) is 1.66. The van der Waals surface area contributed by atoms with Crippen LogP contribution in [0.4, 0.5) is 5.69 Å². The molecule has 1 N–H and O–H groups in total. The van der Waals surface area contributed by atoms with Crippen LogP contribution in [0.5, 0.6) is 5.75 Å². The molecule has 0 heterocycles. The molecule has 0 radical (unpaired) electrons. The van der Waals surface area contributed by atoms with E-state index in [-0.39, 0.29) is 5.91 Å². The van der Waals surface area contributed by atoms with Crippen LogP contribution in [0.2, 0.25) is 0 Å². The summed E-state index contributed by atoms with van der Waals surface area (Å²) in [6.07, 6.45) is 0. The Kier molecular flexibility index (Phi) is 5.12. The number of anilines is 1. The molecule has 20 heavy (non-hydrogen) atoms. The van der Waals surface area contributed by atoms with E-state index in [1.807, 2.05) is 6.07 Å². The summed E-state index contributed by atoms with van der Waals surface area (Å²) in [5.74, 6) is 0.360. The fourth-order valence-corrected chi connectivity index (χ4v) is 2.88. The van der Waals surface area contributed by atoms with Crippen molar-refractivity contribution in [1.82, 2.24) is 0 Å². The number of hydrogen-bond donors (Lipinski definition) is 2. The highest BCUT2D eigenvalue weighted by Gasteiger charge is 2.13. The average molecular weight is 417 g/mol. The molecule has 0 atom stereocenters. The van der Waals surface area contributed by atoms with Crippen LogP contribution >= 0.6 is 44.5 Å². The highest BCUT2D eigenvalue weighted by molar-refractivity contribution is 9.10. The van der Waals surface area contributed by atoms with Gasteiger partial charge in [-0.25, -0.2) is 0 Å². The van der Waals surface area contributed by atoms with Crippen LogP contribution in [0.25, 0.3) is 0 Å². The van der Waals surface area contributed by atoms with Crippen molar-refractivity contribution in [3.8, 4) is 5.75 Å². The zero-order valence-corrected chi connectivity index (χ0v) is 14.6. The van der Waals surface area contributed by atoms with Crippen molar-refractivity contribution in [2.45, 2.75) is 4.90 Å². The molecule has 0 saturated heterocycles. The number of halogens is 2. The van der Waals surface area contributed by atoms with E-state index in [9.17, 15) is 4.79 Å². The number of methoxy groups -OCH3 is 1. The SMILES string of the molecule is COc1ccc(Br)cc1NC(=O)c1ccc(Br)cc1S. The summed E-state index contributed by atoms with van der Waals surface area (Å²) >= 11 is 11.0. The van der Waals surface area contributed by atoms with Crippen molar-refractivity contribution in [2.75, 3.05) is 12.4 Å². The Morgan fingerprint density at radius 3 is 2.45 bits per heavy atom. The maximum absolute atomic E-state index is 12.3. The number of benzene rings is 2. The van der Waals surface area contributed by atoms with Crippen LogP contribution in [-0.2, 0) is 0 Å². The summed E-state index contributed by atoms with van der Waals surface area (Å²) in [6.45, 7) is 0. The fraction of sp³-hybridized carbons (Fsp3) is 0.0714. The standard InChI is InChI=1S/C14H11Br2NO2S/c1-19-12-5-3-8(15)6-11(12)17-14(18)10-4-2-9(16)7-13(10)20/h2-7,20H,1H3,(H,17,18). The molecule has 2 aromatic carbocycles. The summed E-state index contributed by atoms with van der Waals surface area (Å²) in [5, 5.41) is 2.82. The van der Waals surface area contributed by atoms with Gasteiger partial charge in [-0.2, -0.15) is 0 Å². The minimum absolute atomic E-state index is 0.237. The maximum atomic E-state index is 12.3. The summed E-state index contributed by atoms with van der Waals surface area (Å²) in [5.41, 5.74) is 1.10. The molecular weight excluding hydrogens is 406 g/mol. The third-order valence-corrected chi connectivity index (χ3v) is 3.97. The van der Waals surface area contributed by atoms with Gasteiger partial charge in [0.1, 0.15) is 5.75 Å². The van der Waals surface area contributed by atoms with E-state index >= 15 is 0 Å². The van der Waals surface area contributed by atoms with Crippen LogP contribution in [0, 0.1) is 0 Å². The molecule has 0 unspecified atom stereocenters. The van der Waals surface area contributed by atoms with Gasteiger partial charge in [0, 0.05) is 13.8 Å². The highest BCUT2D eigenvalue weighted by atomic mass is 79.9. The zero-order valence-electron chi connectivity index (χ0n) is 10.5. The molecule has 3 nitrogen and oxygen atoms in total. The Morgan fingerprint density at radius 1 is 1.15 bits per heavy atom. The lowest BCUT2D eigenvalue weighted by molar-refractivity contribution is 0.102. The summed E-state index contributed by atoms with van der Waals surface area (Å²) in [7, 11) is 1.56. The van der Waals surface area contributed by atoms with Gasteiger partial charge in [0.15, 0.2) is 0 Å². The Balaban J connectivity index is 2.30. The smallest absolute Gasteiger partial charge is 0.256 e. The van der Waals surface area contributed by atoms with Crippen LogP contribution in [0.15, 0.2) is 50.2 Å². The number of amides is 1. The summed E-state index contributed by atoms with van der Waals surface area (Å²) < 4.78 is 6.96. The van der Waals surface area contributed by atoms with Crippen LogP contribution in [-0.4, -0.2) is 13.0 Å². The van der Waals surface area contributed by atoms with E-state index in [1.165, 1.54) is 0 Å². The molecule has 0 spiro atoms. The van der Waals surface area contributed by atoms with Gasteiger partial charge < -0.3 is 10.1 Å². The minimum atomic E-state index is -0.237. The highest BCUT2D eigenvalue weighted by Crippen LogP contribution is 2.29. The van der Waals surface area contributed by atoms with Crippen LogP contribution in [0.1, 0.15) is 10.4 Å². The van der Waals surface area contributed by atoms with Gasteiger partial charge in [0.25, 0.3) is 5.91 Å². The molecule has 6 heteroatoms. The van der Waals surface area contributed by atoms with Gasteiger partial charge in [-0.15, -0.1) is 12.6 Å². The lowest BCUT2D eigenvalue weighted by atomic mass is 10.2. The van der Waals surface area contributed by atoms with E-state index in [0.29, 0.717) is 21.9 Å². The molecule has 2 aromatic rings. The van der Waals surface area contributed by atoms with E-state index in [2.05, 4.69) is 49.8 Å². The van der Waals surface area contributed by atoms with E-state index in [4.69, 9.17) is 4.74 Å². The second-order valence-electron chi connectivity index (χ2n) is 3.96. The first kappa shape index (κ1) is 15.4. The van der Waals surface area contributed by atoms with Crippen LogP contribution < -0.4 is 10.1 Å². The van der Waals surface area contributed by atoms with E-state index < -0.39 is 0 Å². The van der Waals surface area contributed by atoms with Gasteiger partial charge in [-0.05, 0) is 36.4 Å². The number of carbonyl (C=O) groups is 1. The van der Waals surface area contributed by atoms with Gasteiger partial charge in [0.2, 0.25) is 0 Å². The number of nitrogens with one attached hydrogen (secondary N) is 1. The summed E-state index contributed by atoms with van der Waals surface area (Å²) in [4.78, 5) is 12.9. The number of thiol groups is 1. The van der Waals surface area contributed by atoms with Crippen molar-refractivity contribution >= 4 is 56.1 Å². The molecule has 0 aliphatic rings. The maximum Gasteiger partial charge on any atom is 0.256 e. The molecule has 2 rings (SSSR count). The Bertz CT molecular complexity index is 662. The van der Waals surface area contributed by atoms with Gasteiger partial charge >= 0.3 is 0 Å². The molecular formula is C14H11Br2NO2S. The van der Waals surface area contributed by atoms with Crippen LogP contribution in [0.3, 0.4) is 0 Å². The van der Waals surface area contributed by atoms with Crippen molar-refractivity contribution in [1.29, 1.82) is 0 Å².